The Bertz CT molecular complexity index is 868. The van der Waals surface area contributed by atoms with Crippen LogP contribution in [0.1, 0.15) is 12.5 Å². The van der Waals surface area contributed by atoms with E-state index in [4.69, 9.17) is 16.3 Å². The number of nitrogens with one attached hydrogen (secondary N) is 1. The molecule has 1 heterocycles. The second kappa shape index (κ2) is 7.22. The molecule has 0 fully saturated rings. The fraction of sp³-hybridized carbons (Fsp3) is 0.200. The third-order valence-electron chi connectivity index (χ3n) is 4.25. The van der Waals surface area contributed by atoms with Crippen molar-refractivity contribution < 1.29 is 14.3 Å². The normalized spacial score (nSPS) is 18.3. The first kappa shape index (κ1) is 18.0. The average Bonchev–Trinajstić information content (AvgIpc) is 2.63. The Morgan fingerprint density at radius 3 is 2.69 bits per heavy atom. The molecule has 2 aromatic carbocycles. The number of amides is 2. The number of para-hydroxylation sites is 2. The van der Waals surface area contributed by atoms with Crippen LogP contribution in [0.2, 0.25) is 5.02 Å². The Morgan fingerprint density at radius 2 is 1.96 bits per heavy atom. The van der Waals surface area contributed by atoms with Crippen LogP contribution in [0.15, 0.2) is 61.2 Å². The molecule has 1 atom stereocenters. The lowest BCUT2D eigenvalue weighted by molar-refractivity contribution is -0.154. The molecule has 0 aromatic heterocycles. The molecule has 0 radical (unpaired) electrons. The molecule has 1 aliphatic heterocycles. The summed E-state index contributed by atoms with van der Waals surface area (Å²) in [5.41, 5.74) is -0.341. The van der Waals surface area contributed by atoms with E-state index in [0.29, 0.717) is 16.5 Å². The van der Waals surface area contributed by atoms with E-state index in [-0.39, 0.29) is 13.1 Å². The zero-order chi connectivity index (χ0) is 18.7. The van der Waals surface area contributed by atoms with Crippen molar-refractivity contribution in [3.63, 3.8) is 0 Å². The number of hydrogen-bond donors (Lipinski definition) is 1. The van der Waals surface area contributed by atoms with Gasteiger partial charge in [-0.05, 0) is 30.7 Å². The minimum Gasteiger partial charge on any atom is -0.466 e. The van der Waals surface area contributed by atoms with Crippen molar-refractivity contribution in [1.29, 1.82) is 0 Å². The standard InChI is InChI=1S/C20H19ClN2O3/c1-3-12-23(13-14-8-4-5-9-15(14)21)19(25)20(2)18(24)22-16-10-6-7-11-17(16)26-20/h3-11H,1,12-13H2,2H3,(H,22,24). The number of nitrogens with zero attached hydrogens (tertiary/aromatic N) is 1. The number of ether oxygens (including phenoxy) is 1. The number of benzene rings is 2. The SMILES string of the molecule is C=CCN(Cc1ccccc1Cl)C(=O)C1(C)Oc2ccccc2NC1=O. The van der Waals surface area contributed by atoms with E-state index in [1.807, 2.05) is 18.2 Å². The molecule has 0 bridgehead atoms. The molecule has 0 spiro atoms. The van der Waals surface area contributed by atoms with E-state index in [0.717, 1.165) is 5.56 Å². The number of carbonyl (C=O) groups excluding carboxylic acids is 2. The summed E-state index contributed by atoms with van der Waals surface area (Å²) in [6.07, 6.45) is 1.60. The number of hydrogen-bond acceptors (Lipinski definition) is 3. The smallest absolute Gasteiger partial charge is 0.278 e. The van der Waals surface area contributed by atoms with Crippen LogP contribution in [0, 0.1) is 0 Å². The van der Waals surface area contributed by atoms with Crippen LogP contribution in [0.4, 0.5) is 5.69 Å². The Hall–Kier alpha value is -2.79. The second-order valence-corrected chi connectivity index (χ2v) is 6.56. The molecule has 5 nitrogen and oxygen atoms in total. The number of fused-ring (bicyclic) bond motifs is 1. The van der Waals surface area contributed by atoms with Crippen LogP contribution in [-0.2, 0) is 16.1 Å². The molecule has 26 heavy (non-hydrogen) atoms. The van der Waals surface area contributed by atoms with Gasteiger partial charge in [-0.3, -0.25) is 9.59 Å². The average molecular weight is 371 g/mol. The molecule has 0 saturated carbocycles. The molecule has 0 saturated heterocycles. The Labute approximate surface area is 157 Å². The minimum absolute atomic E-state index is 0.248. The summed E-state index contributed by atoms with van der Waals surface area (Å²) < 4.78 is 5.82. The maximum atomic E-state index is 13.2. The predicted molar refractivity (Wildman–Crippen MR) is 101 cm³/mol. The van der Waals surface area contributed by atoms with Gasteiger partial charge in [0, 0.05) is 18.1 Å². The van der Waals surface area contributed by atoms with E-state index in [1.165, 1.54) is 11.8 Å². The van der Waals surface area contributed by atoms with Gasteiger partial charge >= 0.3 is 0 Å². The number of carbonyl (C=O) groups is 2. The van der Waals surface area contributed by atoms with Gasteiger partial charge in [0.25, 0.3) is 17.4 Å². The quantitative estimate of drug-likeness (QED) is 0.645. The van der Waals surface area contributed by atoms with Crippen LogP contribution in [0.5, 0.6) is 5.75 Å². The highest BCUT2D eigenvalue weighted by Gasteiger charge is 2.49. The fourth-order valence-electron chi connectivity index (χ4n) is 2.82. The molecular weight excluding hydrogens is 352 g/mol. The predicted octanol–water partition coefficient (Wildman–Crippen LogP) is 3.64. The van der Waals surface area contributed by atoms with Crippen molar-refractivity contribution in [2.45, 2.75) is 19.1 Å². The first-order valence-corrected chi connectivity index (χ1v) is 8.56. The van der Waals surface area contributed by atoms with Gasteiger partial charge in [-0.2, -0.15) is 0 Å². The van der Waals surface area contributed by atoms with Crippen LogP contribution >= 0.6 is 11.6 Å². The summed E-state index contributed by atoms with van der Waals surface area (Å²) in [6.45, 7) is 5.69. The fourth-order valence-corrected chi connectivity index (χ4v) is 3.01. The van der Waals surface area contributed by atoms with E-state index >= 15 is 0 Å². The van der Waals surface area contributed by atoms with Crippen molar-refractivity contribution in [3.8, 4) is 5.75 Å². The molecule has 2 amide bonds. The van der Waals surface area contributed by atoms with E-state index in [9.17, 15) is 9.59 Å². The van der Waals surface area contributed by atoms with Crippen molar-refractivity contribution in [3.05, 3.63) is 71.8 Å². The van der Waals surface area contributed by atoms with E-state index in [1.54, 1.807) is 36.4 Å². The van der Waals surface area contributed by atoms with Crippen LogP contribution < -0.4 is 10.1 Å². The molecule has 134 valence electrons. The van der Waals surface area contributed by atoms with Crippen molar-refractivity contribution in [2.24, 2.45) is 0 Å². The number of rotatable bonds is 5. The molecule has 2 aromatic rings. The van der Waals surface area contributed by atoms with Gasteiger partial charge in [-0.15, -0.1) is 6.58 Å². The van der Waals surface area contributed by atoms with Gasteiger partial charge in [-0.1, -0.05) is 48.0 Å². The molecule has 3 rings (SSSR count). The Kier molecular flexibility index (Phi) is 5.00. The highest BCUT2D eigenvalue weighted by atomic mass is 35.5. The maximum Gasteiger partial charge on any atom is 0.278 e. The van der Waals surface area contributed by atoms with Gasteiger partial charge in [-0.25, -0.2) is 0 Å². The summed E-state index contributed by atoms with van der Waals surface area (Å²) in [5.74, 6) is -0.502. The van der Waals surface area contributed by atoms with Crippen molar-refractivity contribution >= 4 is 29.1 Å². The van der Waals surface area contributed by atoms with Crippen molar-refractivity contribution in [1.82, 2.24) is 4.90 Å². The van der Waals surface area contributed by atoms with Gasteiger partial charge in [0.2, 0.25) is 0 Å². The molecule has 6 heteroatoms. The summed E-state index contributed by atoms with van der Waals surface area (Å²) in [7, 11) is 0. The minimum atomic E-state index is -1.67. The summed E-state index contributed by atoms with van der Waals surface area (Å²) in [4.78, 5) is 27.3. The summed E-state index contributed by atoms with van der Waals surface area (Å²) in [5, 5.41) is 3.29. The highest BCUT2D eigenvalue weighted by molar-refractivity contribution is 6.31. The molecule has 1 unspecified atom stereocenters. The van der Waals surface area contributed by atoms with Gasteiger partial charge in [0.1, 0.15) is 5.75 Å². The monoisotopic (exact) mass is 370 g/mol. The van der Waals surface area contributed by atoms with Crippen LogP contribution in [-0.4, -0.2) is 28.9 Å². The zero-order valence-electron chi connectivity index (χ0n) is 14.4. The third-order valence-corrected chi connectivity index (χ3v) is 4.62. The summed E-state index contributed by atoms with van der Waals surface area (Å²) >= 11 is 6.21. The van der Waals surface area contributed by atoms with E-state index in [2.05, 4.69) is 11.9 Å². The first-order chi connectivity index (χ1) is 12.5. The van der Waals surface area contributed by atoms with Gasteiger partial charge < -0.3 is 15.0 Å². The number of anilines is 1. The second-order valence-electron chi connectivity index (χ2n) is 6.15. The highest BCUT2D eigenvalue weighted by Crippen LogP contribution is 2.34. The molecule has 0 aliphatic carbocycles. The van der Waals surface area contributed by atoms with Gasteiger partial charge in [0.05, 0.1) is 5.69 Å². The van der Waals surface area contributed by atoms with E-state index < -0.39 is 17.4 Å². The lowest BCUT2D eigenvalue weighted by Crippen LogP contribution is -2.59. The molecule has 1 N–H and O–H groups in total. The molecule has 1 aliphatic rings. The van der Waals surface area contributed by atoms with Crippen molar-refractivity contribution in [2.75, 3.05) is 11.9 Å². The third kappa shape index (κ3) is 3.30. The topological polar surface area (TPSA) is 58.6 Å². The summed E-state index contributed by atoms with van der Waals surface area (Å²) in [6, 6.07) is 14.3. The number of halogens is 1. The maximum absolute atomic E-state index is 13.2. The van der Waals surface area contributed by atoms with Gasteiger partial charge in [0.15, 0.2) is 0 Å². The largest absolute Gasteiger partial charge is 0.466 e. The lowest BCUT2D eigenvalue weighted by Gasteiger charge is -2.36. The van der Waals surface area contributed by atoms with Crippen LogP contribution in [0.3, 0.4) is 0 Å². The Balaban J connectivity index is 1.90. The molecular formula is C20H19ClN2O3. The zero-order valence-corrected chi connectivity index (χ0v) is 15.1. The van der Waals surface area contributed by atoms with Crippen LogP contribution in [0.25, 0.3) is 0 Å². The lowest BCUT2D eigenvalue weighted by atomic mass is 10.00. The first-order valence-electron chi connectivity index (χ1n) is 8.19. The Morgan fingerprint density at radius 1 is 1.27 bits per heavy atom.